The second-order valence-corrected chi connectivity index (χ2v) is 5.70. The van der Waals surface area contributed by atoms with Crippen LogP contribution in [0.3, 0.4) is 0 Å². The van der Waals surface area contributed by atoms with Crippen molar-refractivity contribution in [1.29, 1.82) is 0 Å². The first-order chi connectivity index (χ1) is 11.2. The Balaban J connectivity index is 1.98. The fraction of sp³-hybridized carbons (Fsp3) is 0.375. The molecule has 1 N–H and O–H groups in total. The van der Waals surface area contributed by atoms with E-state index >= 15 is 0 Å². The Labute approximate surface area is 140 Å². The molecule has 2 unspecified atom stereocenters. The van der Waals surface area contributed by atoms with Gasteiger partial charge >= 0.3 is 0 Å². The third-order valence-electron chi connectivity index (χ3n) is 3.89. The summed E-state index contributed by atoms with van der Waals surface area (Å²) in [6.45, 7) is 1.44. The number of aromatic nitrogens is 2. The minimum atomic E-state index is -0.210. The summed E-state index contributed by atoms with van der Waals surface area (Å²) in [5.41, 5.74) is 0.865. The molecule has 2 atom stereocenters. The predicted molar refractivity (Wildman–Crippen MR) is 89.3 cm³/mol. The highest BCUT2D eigenvalue weighted by Gasteiger charge is 2.32. The van der Waals surface area contributed by atoms with Crippen molar-refractivity contribution in [2.24, 2.45) is 0 Å². The molecule has 0 aliphatic carbocycles. The molecule has 1 saturated heterocycles. The minimum Gasteiger partial charge on any atom is -0.493 e. The number of benzene rings is 1. The van der Waals surface area contributed by atoms with E-state index in [1.54, 1.807) is 32.8 Å². The maximum absolute atomic E-state index is 6.53. The van der Waals surface area contributed by atoms with Crippen molar-refractivity contribution < 1.29 is 9.47 Å². The molecule has 1 fully saturated rings. The van der Waals surface area contributed by atoms with Gasteiger partial charge in [-0.25, -0.2) is 4.98 Å². The Hall–Kier alpha value is -2.05. The van der Waals surface area contributed by atoms with E-state index in [4.69, 9.17) is 21.1 Å². The van der Waals surface area contributed by atoms with E-state index in [1.165, 1.54) is 0 Å². The molecule has 1 aromatic carbocycles. The lowest BCUT2D eigenvalue weighted by Crippen LogP contribution is -2.51. The van der Waals surface area contributed by atoms with E-state index in [9.17, 15) is 0 Å². The lowest BCUT2D eigenvalue weighted by atomic mass is 10.0. The molecule has 0 amide bonds. The van der Waals surface area contributed by atoms with Crippen molar-refractivity contribution in [3.05, 3.63) is 42.4 Å². The fourth-order valence-electron chi connectivity index (χ4n) is 2.80. The number of alkyl halides is 1. The molecule has 6 nitrogen and oxygen atoms in total. The summed E-state index contributed by atoms with van der Waals surface area (Å²) < 4.78 is 10.7. The minimum absolute atomic E-state index is 0.0303. The van der Waals surface area contributed by atoms with E-state index in [2.05, 4.69) is 20.2 Å². The number of methoxy groups -OCH3 is 2. The van der Waals surface area contributed by atoms with Crippen molar-refractivity contribution in [2.75, 3.05) is 32.2 Å². The second-order valence-electron chi connectivity index (χ2n) is 5.19. The smallest absolute Gasteiger partial charge is 0.161 e. The summed E-state index contributed by atoms with van der Waals surface area (Å²) >= 11 is 6.53. The van der Waals surface area contributed by atoms with E-state index in [-0.39, 0.29) is 11.5 Å². The van der Waals surface area contributed by atoms with Crippen molar-refractivity contribution >= 4 is 17.4 Å². The van der Waals surface area contributed by atoms with Crippen LogP contribution in [0.5, 0.6) is 11.5 Å². The molecule has 23 heavy (non-hydrogen) atoms. The van der Waals surface area contributed by atoms with Crippen LogP contribution >= 0.6 is 11.6 Å². The average Bonchev–Trinajstić information content (AvgIpc) is 2.61. The number of hydrogen-bond donors (Lipinski definition) is 1. The van der Waals surface area contributed by atoms with Crippen molar-refractivity contribution in [3.63, 3.8) is 0 Å². The van der Waals surface area contributed by atoms with E-state index in [0.717, 1.165) is 17.9 Å². The quantitative estimate of drug-likeness (QED) is 0.683. The highest BCUT2D eigenvalue weighted by Crippen LogP contribution is 2.35. The lowest BCUT2D eigenvalue weighted by molar-refractivity contribution is 0.353. The van der Waals surface area contributed by atoms with Crippen molar-refractivity contribution in [2.45, 2.75) is 11.5 Å². The van der Waals surface area contributed by atoms with Gasteiger partial charge in [0.1, 0.15) is 11.3 Å². The van der Waals surface area contributed by atoms with Crippen LogP contribution in [-0.4, -0.2) is 42.8 Å². The number of halogens is 1. The van der Waals surface area contributed by atoms with Gasteiger partial charge in [-0.1, -0.05) is 17.7 Å². The largest absolute Gasteiger partial charge is 0.493 e. The molecule has 122 valence electrons. The van der Waals surface area contributed by atoms with Gasteiger partial charge in [-0.05, 0) is 17.7 Å². The van der Waals surface area contributed by atoms with Crippen LogP contribution in [0.2, 0.25) is 0 Å². The fourth-order valence-corrected chi connectivity index (χ4v) is 3.14. The third kappa shape index (κ3) is 3.18. The van der Waals surface area contributed by atoms with Gasteiger partial charge in [0.05, 0.1) is 26.5 Å². The standard InChI is InChI=1S/C16H19ClN4O2/c1-22-13-4-3-11(7-14(13)23-2)12-8-19-9-15(17)21(12)16-10-18-5-6-20-16/h3-7,10,12,15,19H,8-9H2,1-2H3. The molecule has 0 spiro atoms. The predicted octanol–water partition coefficient (Wildman–Crippen LogP) is 2.21. The van der Waals surface area contributed by atoms with E-state index in [1.807, 2.05) is 18.2 Å². The van der Waals surface area contributed by atoms with E-state index < -0.39 is 0 Å². The van der Waals surface area contributed by atoms with Crippen LogP contribution in [0.25, 0.3) is 0 Å². The van der Waals surface area contributed by atoms with E-state index in [0.29, 0.717) is 18.0 Å². The van der Waals surface area contributed by atoms with Gasteiger partial charge in [-0.2, -0.15) is 0 Å². The molecule has 0 saturated carbocycles. The Morgan fingerprint density at radius 3 is 2.70 bits per heavy atom. The normalized spacial score (nSPS) is 21.1. The van der Waals surface area contributed by atoms with Crippen LogP contribution < -0.4 is 19.7 Å². The highest BCUT2D eigenvalue weighted by molar-refractivity contribution is 6.22. The zero-order valence-electron chi connectivity index (χ0n) is 13.1. The number of nitrogens with one attached hydrogen (secondary N) is 1. The number of hydrogen-bond acceptors (Lipinski definition) is 6. The molecule has 1 aliphatic rings. The zero-order valence-corrected chi connectivity index (χ0v) is 13.8. The van der Waals surface area contributed by atoms with Crippen LogP contribution in [0.1, 0.15) is 11.6 Å². The number of piperazine rings is 1. The first kappa shape index (κ1) is 15.8. The summed E-state index contributed by atoms with van der Waals surface area (Å²) in [7, 11) is 3.26. The molecule has 1 aliphatic heterocycles. The van der Waals surface area contributed by atoms with Gasteiger partial charge in [-0.15, -0.1) is 0 Å². The summed E-state index contributed by atoms with van der Waals surface area (Å²) in [6, 6.07) is 5.93. The number of nitrogens with zero attached hydrogens (tertiary/aromatic N) is 3. The maximum Gasteiger partial charge on any atom is 0.161 e. The summed E-state index contributed by atoms with van der Waals surface area (Å²) in [4.78, 5) is 10.6. The lowest BCUT2D eigenvalue weighted by Gasteiger charge is -2.40. The molecule has 2 heterocycles. The van der Waals surface area contributed by atoms with Crippen molar-refractivity contribution in [1.82, 2.24) is 15.3 Å². The molecular weight excluding hydrogens is 316 g/mol. The van der Waals surface area contributed by atoms with Crippen LogP contribution in [0, 0.1) is 0 Å². The van der Waals surface area contributed by atoms with Gasteiger partial charge in [0.15, 0.2) is 11.5 Å². The molecule has 1 aromatic heterocycles. The van der Waals surface area contributed by atoms with Gasteiger partial charge < -0.3 is 19.7 Å². The Morgan fingerprint density at radius 2 is 2.00 bits per heavy atom. The molecule has 0 radical (unpaired) electrons. The van der Waals surface area contributed by atoms with Gasteiger partial charge in [0.2, 0.25) is 0 Å². The molecule has 2 aromatic rings. The van der Waals surface area contributed by atoms with Gasteiger partial charge in [0.25, 0.3) is 0 Å². The molecule has 7 heteroatoms. The summed E-state index contributed by atoms with van der Waals surface area (Å²) in [6.07, 6.45) is 5.06. The van der Waals surface area contributed by atoms with Gasteiger partial charge in [-0.3, -0.25) is 4.98 Å². The zero-order chi connectivity index (χ0) is 16.2. The maximum atomic E-state index is 6.53. The Morgan fingerprint density at radius 1 is 1.17 bits per heavy atom. The summed E-state index contributed by atoms with van der Waals surface area (Å²) in [5, 5.41) is 3.36. The molecule has 3 rings (SSSR count). The first-order valence-corrected chi connectivity index (χ1v) is 7.79. The third-order valence-corrected chi connectivity index (χ3v) is 4.26. The van der Waals surface area contributed by atoms with Crippen LogP contribution in [-0.2, 0) is 0 Å². The first-order valence-electron chi connectivity index (χ1n) is 7.35. The van der Waals surface area contributed by atoms with Gasteiger partial charge in [0, 0.05) is 25.5 Å². The highest BCUT2D eigenvalue weighted by atomic mass is 35.5. The summed E-state index contributed by atoms with van der Waals surface area (Å²) in [5.74, 6) is 2.16. The van der Waals surface area contributed by atoms with Crippen LogP contribution in [0.4, 0.5) is 5.82 Å². The van der Waals surface area contributed by atoms with Crippen LogP contribution in [0.15, 0.2) is 36.8 Å². The number of rotatable bonds is 4. The Bertz CT molecular complexity index is 656. The second kappa shape index (κ2) is 7.02. The average molecular weight is 335 g/mol. The topological polar surface area (TPSA) is 59.5 Å². The monoisotopic (exact) mass is 334 g/mol. The molecular formula is C16H19ClN4O2. The Kier molecular flexibility index (Phi) is 4.83. The SMILES string of the molecule is COc1ccc(C2CNCC(Cl)N2c2cnccn2)cc1OC. The number of ether oxygens (including phenoxy) is 2. The molecule has 0 bridgehead atoms. The number of anilines is 1. The van der Waals surface area contributed by atoms with Crippen molar-refractivity contribution in [3.8, 4) is 11.5 Å².